The van der Waals surface area contributed by atoms with Crippen molar-refractivity contribution in [2.24, 2.45) is 0 Å². The van der Waals surface area contributed by atoms with E-state index in [1.807, 2.05) is 48.5 Å². The van der Waals surface area contributed by atoms with Crippen LogP contribution in [0.15, 0.2) is 139 Å². The van der Waals surface area contributed by atoms with Crippen molar-refractivity contribution >= 4 is 55.5 Å². The third-order valence-electron chi connectivity index (χ3n) is 14.4. The number of phenols is 2. The Labute approximate surface area is 440 Å². The van der Waals surface area contributed by atoms with Gasteiger partial charge in [0.2, 0.25) is 17.2 Å². The SMILES string of the molecule is CCCCN(CCCC)c1ccc(-c2cc3cc(-c4nc5cc(C(c6ccc7oc(-c8ccc9cc(-c%10ccc(N(CCCC)CCCC)cc%10)oc9c8O)nc7c6)(C(F)(F)F)C(F)(F)F)ccc5o4)c(O)cc3o2)cc1. The van der Waals surface area contributed by atoms with Crippen molar-refractivity contribution in [3.63, 3.8) is 0 Å². The fourth-order valence-electron chi connectivity index (χ4n) is 10.1. The Morgan fingerprint density at radius 2 is 0.909 bits per heavy atom. The number of oxazole rings is 2. The maximum absolute atomic E-state index is 15.6. The van der Waals surface area contributed by atoms with Crippen molar-refractivity contribution < 1.29 is 54.2 Å². The van der Waals surface area contributed by atoms with Gasteiger partial charge in [0.15, 0.2) is 22.5 Å². The third-order valence-corrected chi connectivity index (χ3v) is 14.4. The van der Waals surface area contributed by atoms with Gasteiger partial charge in [0.1, 0.15) is 33.9 Å². The lowest BCUT2D eigenvalue weighted by Gasteiger charge is -2.38. The number of alkyl halides is 6. The molecule has 2 N–H and O–H groups in total. The highest BCUT2D eigenvalue weighted by atomic mass is 19.4. The van der Waals surface area contributed by atoms with Crippen molar-refractivity contribution in [1.29, 1.82) is 0 Å². The van der Waals surface area contributed by atoms with Gasteiger partial charge in [-0.15, -0.1) is 0 Å². The molecular formula is C61H58F6N4O6. The lowest BCUT2D eigenvalue weighted by Crippen LogP contribution is -2.54. The molecule has 10 rings (SSSR count). The van der Waals surface area contributed by atoms with Gasteiger partial charge in [0.25, 0.3) is 0 Å². The molecule has 0 aliphatic rings. The Morgan fingerprint density at radius 3 is 1.38 bits per heavy atom. The molecule has 400 valence electrons. The second-order valence-electron chi connectivity index (χ2n) is 19.6. The van der Waals surface area contributed by atoms with Gasteiger partial charge in [-0.05, 0) is 134 Å². The van der Waals surface area contributed by atoms with Crippen LogP contribution in [-0.4, -0.2) is 58.7 Å². The van der Waals surface area contributed by atoms with Crippen LogP contribution in [0.2, 0.25) is 0 Å². The van der Waals surface area contributed by atoms with Gasteiger partial charge in [-0.2, -0.15) is 26.3 Å². The molecule has 0 unspecified atom stereocenters. The molecular weight excluding hydrogens is 999 g/mol. The summed E-state index contributed by atoms with van der Waals surface area (Å²) in [6.07, 6.45) is -3.31. The largest absolute Gasteiger partial charge is 0.507 e. The summed E-state index contributed by atoms with van der Waals surface area (Å²) in [4.78, 5) is 13.4. The van der Waals surface area contributed by atoms with Gasteiger partial charge in [-0.1, -0.05) is 71.6 Å². The number of hydrogen-bond donors (Lipinski definition) is 2. The van der Waals surface area contributed by atoms with Crippen molar-refractivity contribution in [2.45, 2.75) is 96.8 Å². The van der Waals surface area contributed by atoms with Crippen molar-refractivity contribution in [2.75, 3.05) is 36.0 Å². The van der Waals surface area contributed by atoms with Gasteiger partial charge in [-0.3, -0.25) is 0 Å². The lowest BCUT2D eigenvalue weighted by atomic mass is 9.72. The number of unbranched alkanes of at least 4 members (excludes halogenated alkanes) is 4. The number of phenolic OH excluding ortho intramolecular Hbond substituents is 2. The van der Waals surface area contributed by atoms with E-state index >= 15 is 26.3 Å². The molecule has 0 radical (unpaired) electrons. The van der Waals surface area contributed by atoms with Crippen LogP contribution in [0.4, 0.5) is 37.7 Å². The molecule has 77 heavy (non-hydrogen) atoms. The minimum atomic E-state index is -5.96. The first-order valence-corrected chi connectivity index (χ1v) is 26.2. The number of fused-ring (bicyclic) bond motifs is 4. The highest BCUT2D eigenvalue weighted by Gasteiger charge is 2.72. The average Bonchev–Trinajstić information content (AvgIpc) is 4.27. The summed E-state index contributed by atoms with van der Waals surface area (Å²) in [7, 11) is 0. The van der Waals surface area contributed by atoms with E-state index in [2.05, 4.69) is 47.5 Å². The van der Waals surface area contributed by atoms with Gasteiger partial charge in [-0.25, -0.2) is 9.97 Å². The topological polar surface area (TPSA) is 125 Å². The van der Waals surface area contributed by atoms with E-state index in [-0.39, 0.29) is 62.2 Å². The molecule has 0 spiro atoms. The van der Waals surface area contributed by atoms with Gasteiger partial charge in [0, 0.05) is 65.5 Å². The highest BCUT2D eigenvalue weighted by molar-refractivity contribution is 5.94. The fourth-order valence-corrected chi connectivity index (χ4v) is 10.1. The van der Waals surface area contributed by atoms with E-state index in [1.54, 1.807) is 18.2 Å². The molecule has 0 aliphatic carbocycles. The quantitative estimate of drug-likeness (QED) is 0.0713. The molecule has 16 heteroatoms. The number of rotatable bonds is 20. The van der Waals surface area contributed by atoms with E-state index in [0.717, 1.165) is 112 Å². The molecule has 0 aliphatic heterocycles. The van der Waals surface area contributed by atoms with Crippen LogP contribution in [0.3, 0.4) is 0 Å². The second-order valence-corrected chi connectivity index (χ2v) is 19.6. The van der Waals surface area contributed by atoms with Crippen LogP contribution in [0, 0.1) is 0 Å². The lowest BCUT2D eigenvalue weighted by molar-refractivity contribution is -0.288. The number of nitrogens with zero attached hydrogens (tertiary/aromatic N) is 4. The molecule has 0 saturated heterocycles. The van der Waals surface area contributed by atoms with Crippen molar-refractivity contribution in [3.05, 3.63) is 132 Å². The first-order chi connectivity index (χ1) is 37.0. The standard InChI is InChI=1S/C61H58F6N4O6/c1-5-9-27-70(28-10-6-2)43-20-13-37(14-21-43)52-33-40-31-46(49(72)36-54(40)74-52)58-69-48-35-42(19-26-51(48)77-58)59(60(62,63)64,61(65,66)67)41-18-25-50-47(34-41)68-57(76-50)45-24-17-39-32-53(75-56(39)55(45)73)38-15-22-44(23-16-38)71(29-11-7-3)30-12-8-4/h13-26,31-36,72-73H,5-12,27-30H2,1-4H3. The zero-order valence-electron chi connectivity index (χ0n) is 43.1. The first kappa shape index (κ1) is 52.6. The zero-order chi connectivity index (χ0) is 54.2. The molecule has 10 aromatic rings. The molecule has 10 nitrogen and oxygen atoms in total. The van der Waals surface area contributed by atoms with Crippen LogP contribution in [0.25, 0.3) is 89.7 Å². The number of anilines is 2. The summed E-state index contributed by atoms with van der Waals surface area (Å²) in [6, 6.07) is 30.3. The predicted molar refractivity (Wildman–Crippen MR) is 290 cm³/mol. The highest BCUT2D eigenvalue weighted by Crippen LogP contribution is 2.57. The van der Waals surface area contributed by atoms with Gasteiger partial charge < -0.3 is 37.7 Å². The number of benzene rings is 6. The zero-order valence-corrected chi connectivity index (χ0v) is 43.1. The Bertz CT molecular complexity index is 3570. The van der Waals surface area contributed by atoms with E-state index in [4.69, 9.17) is 17.7 Å². The summed E-state index contributed by atoms with van der Waals surface area (Å²) in [5.74, 6) is -0.221. The number of aromatic nitrogens is 2. The summed E-state index contributed by atoms with van der Waals surface area (Å²) in [5, 5.41) is 23.8. The number of aromatic hydroxyl groups is 2. The van der Waals surface area contributed by atoms with Crippen LogP contribution >= 0.6 is 0 Å². The third kappa shape index (κ3) is 9.94. The molecule has 4 heterocycles. The smallest absolute Gasteiger partial charge is 0.411 e. The number of halogens is 6. The monoisotopic (exact) mass is 1060 g/mol. The molecule has 0 amide bonds. The molecule has 0 fully saturated rings. The Morgan fingerprint density at radius 1 is 0.455 bits per heavy atom. The van der Waals surface area contributed by atoms with Crippen molar-refractivity contribution in [1.82, 2.24) is 9.97 Å². The van der Waals surface area contributed by atoms with E-state index < -0.39 is 28.9 Å². The fraction of sp³-hybridized carbons (Fsp3) is 0.311. The Kier molecular flexibility index (Phi) is 14.5. The van der Waals surface area contributed by atoms with Crippen LogP contribution in [-0.2, 0) is 5.41 Å². The van der Waals surface area contributed by atoms with Crippen LogP contribution < -0.4 is 9.80 Å². The Balaban J connectivity index is 0.947. The van der Waals surface area contributed by atoms with E-state index in [1.165, 1.54) is 18.2 Å². The van der Waals surface area contributed by atoms with Crippen LogP contribution in [0.1, 0.15) is 90.2 Å². The maximum Gasteiger partial charge on any atom is 0.411 e. The normalized spacial score (nSPS) is 12.5. The minimum Gasteiger partial charge on any atom is -0.507 e. The number of hydrogen-bond acceptors (Lipinski definition) is 10. The minimum absolute atomic E-state index is 0.00895. The molecule has 0 atom stereocenters. The molecule has 0 saturated carbocycles. The molecule has 4 aromatic heterocycles. The van der Waals surface area contributed by atoms with Gasteiger partial charge >= 0.3 is 12.4 Å². The Hall–Kier alpha value is -7.88. The molecule has 6 aromatic carbocycles. The molecule has 0 bridgehead atoms. The summed E-state index contributed by atoms with van der Waals surface area (Å²) >= 11 is 0. The summed E-state index contributed by atoms with van der Waals surface area (Å²) in [6.45, 7) is 12.4. The van der Waals surface area contributed by atoms with E-state index in [9.17, 15) is 10.2 Å². The van der Waals surface area contributed by atoms with Crippen LogP contribution in [0.5, 0.6) is 11.5 Å². The van der Waals surface area contributed by atoms with E-state index in [0.29, 0.717) is 52.1 Å². The summed E-state index contributed by atoms with van der Waals surface area (Å²) < 4.78 is 118. The average molecular weight is 1060 g/mol. The number of furan rings is 2. The first-order valence-electron chi connectivity index (χ1n) is 26.2. The second kappa shape index (κ2) is 21.3. The maximum atomic E-state index is 15.6. The van der Waals surface area contributed by atoms with Gasteiger partial charge in [0.05, 0.1) is 11.1 Å². The van der Waals surface area contributed by atoms with Crippen molar-refractivity contribution in [3.8, 4) is 57.1 Å². The predicted octanol–water partition coefficient (Wildman–Crippen LogP) is 17.8. The summed E-state index contributed by atoms with van der Waals surface area (Å²) in [5.41, 5.74) is -3.65.